The molecular formula is C9H12N2O2. The molecule has 0 aliphatic carbocycles. The van der Waals surface area contributed by atoms with Crippen molar-refractivity contribution in [1.82, 2.24) is 5.32 Å². The smallest absolute Gasteiger partial charge is 0.270 e. The summed E-state index contributed by atoms with van der Waals surface area (Å²) in [6.45, 7) is 5.07. The van der Waals surface area contributed by atoms with Gasteiger partial charge in [0.2, 0.25) is 0 Å². The van der Waals surface area contributed by atoms with Gasteiger partial charge in [0.05, 0.1) is 0 Å². The standard InChI is InChI=1S/C9H12N2O2/c1-4-7(6-12)8(11-5-2)9(13)10-3/h4-6H,1H2,2-3H3,(H,10,13)/b8-7+,11-5?. The Morgan fingerprint density at radius 2 is 2.15 bits per heavy atom. The maximum Gasteiger partial charge on any atom is 0.270 e. The maximum absolute atomic E-state index is 11.2. The Morgan fingerprint density at radius 3 is 2.46 bits per heavy atom. The van der Waals surface area contributed by atoms with E-state index < -0.39 is 5.91 Å². The zero-order valence-electron chi connectivity index (χ0n) is 7.70. The summed E-state index contributed by atoms with van der Waals surface area (Å²) in [7, 11) is 1.47. The fourth-order valence-corrected chi connectivity index (χ4v) is 0.712. The molecule has 0 atom stereocenters. The summed E-state index contributed by atoms with van der Waals surface area (Å²) in [6, 6.07) is 0. The zero-order valence-corrected chi connectivity index (χ0v) is 7.70. The van der Waals surface area contributed by atoms with Crippen LogP contribution in [0.15, 0.2) is 28.9 Å². The van der Waals surface area contributed by atoms with Crippen LogP contribution in [0.25, 0.3) is 0 Å². The van der Waals surface area contributed by atoms with Gasteiger partial charge in [0.25, 0.3) is 5.91 Å². The maximum atomic E-state index is 11.2. The summed E-state index contributed by atoms with van der Waals surface area (Å²) >= 11 is 0. The lowest BCUT2D eigenvalue weighted by Gasteiger charge is -2.00. The minimum absolute atomic E-state index is 0.0787. The molecule has 1 amide bonds. The molecule has 4 nitrogen and oxygen atoms in total. The molecule has 0 unspecified atom stereocenters. The highest BCUT2D eigenvalue weighted by molar-refractivity contribution is 6.00. The van der Waals surface area contributed by atoms with Crippen LogP contribution in [0.4, 0.5) is 0 Å². The van der Waals surface area contributed by atoms with Crippen LogP contribution >= 0.6 is 0 Å². The highest BCUT2D eigenvalue weighted by Gasteiger charge is 2.09. The number of likely N-dealkylation sites (N-methyl/N-ethyl adjacent to an activating group) is 1. The van der Waals surface area contributed by atoms with Gasteiger partial charge in [-0.15, -0.1) is 0 Å². The van der Waals surface area contributed by atoms with E-state index in [-0.39, 0.29) is 11.3 Å². The second-order valence-corrected chi connectivity index (χ2v) is 2.09. The lowest BCUT2D eigenvalue weighted by atomic mass is 10.2. The van der Waals surface area contributed by atoms with E-state index in [1.165, 1.54) is 19.3 Å². The normalized spacial score (nSPS) is 12.2. The minimum Gasteiger partial charge on any atom is -0.354 e. The number of aldehydes is 1. The van der Waals surface area contributed by atoms with Crippen molar-refractivity contribution >= 4 is 18.4 Å². The molecule has 0 saturated carbocycles. The monoisotopic (exact) mass is 180 g/mol. The fraction of sp³-hybridized carbons (Fsp3) is 0.222. The van der Waals surface area contributed by atoms with Gasteiger partial charge in [0.15, 0.2) is 6.29 Å². The molecule has 0 heterocycles. The van der Waals surface area contributed by atoms with E-state index in [1.807, 2.05) is 0 Å². The van der Waals surface area contributed by atoms with E-state index in [9.17, 15) is 9.59 Å². The number of nitrogens with one attached hydrogen (secondary N) is 1. The van der Waals surface area contributed by atoms with Crippen molar-refractivity contribution in [2.24, 2.45) is 4.99 Å². The van der Waals surface area contributed by atoms with E-state index in [2.05, 4.69) is 16.9 Å². The van der Waals surface area contributed by atoms with Crippen molar-refractivity contribution < 1.29 is 9.59 Å². The molecule has 0 aliphatic rings. The number of allylic oxidation sites excluding steroid dienone is 2. The number of carbonyl (C=O) groups is 2. The highest BCUT2D eigenvalue weighted by Crippen LogP contribution is 2.04. The fourth-order valence-electron chi connectivity index (χ4n) is 0.712. The number of hydrogen-bond donors (Lipinski definition) is 1. The average molecular weight is 180 g/mol. The van der Waals surface area contributed by atoms with Gasteiger partial charge in [-0.1, -0.05) is 12.7 Å². The van der Waals surface area contributed by atoms with Gasteiger partial charge in [0, 0.05) is 18.8 Å². The summed E-state index contributed by atoms with van der Waals surface area (Å²) in [6.07, 6.45) is 3.28. The highest BCUT2D eigenvalue weighted by atomic mass is 16.2. The van der Waals surface area contributed by atoms with Gasteiger partial charge >= 0.3 is 0 Å². The Hall–Kier alpha value is -1.71. The molecule has 0 fully saturated rings. The molecule has 0 aromatic carbocycles. The van der Waals surface area contributed by atoms with Crippen molar-refractivity contribution in [1.29, 1.82) is 0 Å². The summed E-state index contributed by atoms with van der Waals surface area (Å²) in [5.74, 6) is -0.403. The van der Waals surface area contributed by atoms with Crippen LogP contribution in [0.3, 0.4) is 0 Å². The van der Waals surface area contributed by atoms with Gasteiger partial charge in [0.1, 0.15) is 5.70 Å². The molecule has 0 aromatic rings. The topological polar surface area (TPSA) is 58.5 Å². The summed E-state index contributed by atoms with van der Waals surface area (Å²) in [5, 5.41) is 2.38. The number of amides is 1. The van der Waals surface area contributed by atoms with Crippen LogP contribution in [0.1, 0.15) is 6.92 Å². The molecular weight excluding hydrogens is 168 g/mol. The van der Waals surface area contributed by atoms with E-state index in [0.717, 1.165) is 0 Å². The molecule has 0 saturated heterocycles. The first kappa shape index (κ1) is 11.3. The van der Waals surface area contributed by atoms with Gasteiger partial charge in [-0.05, 0) is 6.92 Å². The van der Waals surface area contributed by atoms with Crippen LogP contribution < -0.4 is 5.32 Å². The minimum atomic E-state index is -0.403. The molecule has 0 radical (unpaired) electrons. The molecule has 0 spiro atoms. The SMILES string of the molecule is C=C/C(C=O)=C(\N=CC)C(=O)NC. The largest absolute Gasteiger partial charge is 0.354 e. The third-order valence-electron chi connectivity index (χ3n) is 1.32. The third-order valence-corrected chi connectivity index (χ3v) is 1.32. The van der Waals surface area contributed by atoms with Crippen molar-refractivity contribution in [2.75, 3.05) is 7.05 Å². The molecule has 0 aromatic heterocycles. The Labute approximate surface area is 77.0 Å². The van der Waals surface area contributed by atoms with Gasteiger partial charge in [-0.2, -0.15) is 0 Å². The lowest BCUT2D eigenvalue weighted by Crippen LogP contribution is -2.20. The Balaban J connectivity index is 5.19. The lowest BCUT2D eigenvalue weighted by molar-refractivity contribution is -0.117. The van der Waals surface area contributed by atoms with Crippen LogP contribution in [0.5, 0.6) is 0 Å². The first-order chi connectivity index (χ1) is 6.21. The molecule has 4 heteroatoms. The predicted octanol–water partition coefficient (Wildman–Crippen LogP) is 0.462. The van der Waals surface area contributed by atoms with Gasteiger partial charge in [-0.25, -0.2) is 0 Å². The van der Waals surface area contributed by atoms with E-state index in [1.54, 1.807) is 6.92 Å². The van der Waals surface area contributed by atoms with Crippen LogP contribution in [0.2, 0.25) is 0 Å². The molecule has 70 valence electrons. The zero-order chi connectivity index (χ0) is 10.3. The van der Waals surface area contributed by atoms with E-state index >= 15 is 0 Å². The molecule has 0 bridgehead atoms. The number of carbonyl (C=O) groups excluding carboxylic acids is 2. The Morgan fingerprint density at radius 1 is 1.54 bits per heavy atom. The van der Waals surface area contributed by atoms with E-state index in [0.29, 0.717) is 6.29 Å². The Kier molecular flexibility index (Phi) is 5.11. The molecule has 0 aliphatic heterocycles. The van der Waals surface area contributed by atoms with E-state index in [4.69, 9.17) is 0 Å². The van der Waals surface area contributed by atoms with Crippen molar-refractivity contribution in [3.05, 3.63) is 23.9 Å². The van der Waals surface area contributed by atoms with Crippen LogP contribution in [0, 0.1) is 0 Å². The van der Waals surface area contributed by atoms with Crippen molar-refractivity contribution in [3.8, 4) is 0 Å². The number of hydrogen-bond acceptors (Lipinski definition) is 3. The first-order valence-electron chi connectivity index (χ1n) is 3.73. The summed E-state index contributed by atoms with van der Waals surface area (Å²) < 4.78 is 0. The number of aliphatic imine (C=N–C) groups is 1. The quantitative estimate of drug-likeness (QED) is 0.296. The van der Waals surface area contributed by atoms with Crippen LogP contribution in [-0.2, 0) is 9.59 Å². The average Bonchev–Trinajstić information content (AvgIpc) is 2.17. The van der Waals surface area contributed by atoms with Crippen molar-refractivity contribution in [3.63, 3.8) is 0 Å². The first-order valence-corrected chi connectivity index (χ1v) is 3.73. The second kappa shape index (κ2) is 5.88. The van der Waals surface area contributed by atoms with Crippen molar-refractivity contribution in [2.45, 2.75) is 6.92 Å². The third kappa shape index (κ3) is 3.02. The second-order valence-electron chi connectivity index (χ2n) is 2.09. The van der Waals surface area contributed by atoms with Crippen LogP contribution in [-0.4, -0.2) is 25.5 Å². The predicted molar refractivity (Wildman–Crippen MR) is 51.5 cm³/mol. The molecule has 1 N–H and O–H groups in total. The summed E-state index contributed by atoms with van der Waals surface area (Å²) in [5.41, 5.74) is 0.257. The van der Waals surface area contributed by atoms with Gasteiger partial charge < -0.3 is 5.32 Å². The molecule has 13 heavy (non-hydrogen) atoms. The molecule has 0 rings (SSSR count). The summed E-state index contributed by atoms with van der Waals surface area (Å²) in [4.78, 5) is 25.4. The Bertz CT molecular complexity index is 267. The van der Waals surface area contributed by atoms with Gasteiger partial charge in [-0.3, -0.25) is 14.6 Å². The number of rotatable bonds is 4. The number of nitrogens with zero attached hydrogens (tertiary/aromatic N) is 1.